The molecule has 0 fully saturated rings. The summed E-state index contributed by atoms with van der Waals surface area (Å²) in [7, 11) is 4.32. The number of fused-ring (bicyclic) bond motifs is 4. The van der Waals surface area contributed by atoms with E-state index < -0.39 is 0 Å². The second-order valence-electron chi connectivity index (χ2n) is 10.5. The lowest BCUT2D eigenvalue weighted by Gasteiger charge is -2.21. The fourth-order valence-electron chi connectivity index (χ4n) is 5.26. The fourth-order valence-corrected chi connectivity index (χ4v) is 5.26. The van der Waals surface area contributed by atoms with Gasteiger partial charge in [0.05, 0.1) is 22.1 Å². The van der Waals surface area contributed by atoms with E-state index in [9.17, 15) is 0 Å². The van der Waals surface area contributed by atoms with Gasteiger partial charge >= 0.3 is 0 Å². The molecule has 0 bridgehead atoms. The summed E-state index contributed by atoms with van der Waals surface area (Å²) < 4.78 is 0. The van der Waals surface area contributed by atoms with Crippen LogP contribution in [0.1, 0.15) is 19.3 Å². The van der Waals surface area contributed by atoms with E-state index in [2.05, 4.69) is 72.4 Å². The summed E-state index contributed by atoms with van der Waals surface area (Å²) in [5.41, 5.74) is 19.7. The van der Waals surface area contributed by atoms with E-state index in [0.717, 1.165) is 80.9 Å². The van der Waals surface area contributed by atoms with Crippen molar-refractivity contribution in [2.24, 2.45) is 0 Å². The lowest BCUT2D eigenvalue weighted by Crippen LogP contribution is -2.20. The summed E-state index contributed by atoms with van der Waals surface area (Å²) in [5, 5.41) is 4.52. The van der Waals surface area contributed by atoms with E-state index in [1.807, 2.05) is 36.4 Å². The Hall–Kier alpha value is -4.58. The summed E-state index contributed by atoms with van der Waals surface area (Å²) >= 11 is 0. The van der Waals surface area contributed by atoms with Crippen molar-refractivity contribution in [1.29, 1.82) is 0 Å². The Labute approximate surface area is 228 Å². The summed E-state index contributed by atoms with van der Waals surface area (Å²) in [4.78, 5) is 14.3. The van der Waals surface area contributed by atoms with E-state index in [1.165, 1.54) is 17.8 Å². The largest absolute Gasteiger partial charge is 0.399 e. The lowest BCUT2D eigenvalue weighted by molar-refractivity contribution is 0.666. The van der Waals surface area contributed by atoms with E-state index in [-0.39, 0.29) is 0 Å². The van der Waals surface area contributed by atoms with Crippen LogP contribution in [0, 0.1) is 0 Å². The second kappa shape index (κ2) is 10.3. The molecular formula is C33H34N6. The number of aromatic nitrogens is 2. The van der Waals surface area contributed by atoms with Crippen LogP contribution < -0.4 is 21.3 Å². The third kappa shape index (κ3) is 5.23. The average molecular weight is 515 g/mol. The molecule has 4 N–H and O–H groups in total. The van der Waals surface area contributed by atoms with Gasteiger partial charge in [0.25, 0.3) is 0 Å². The van der Waals surface area contributed by atoms with Crippen LogP contribution in [0.25, 0.3) is 43.6 Å². The summed E-state index contributed by atoms with van der Waals surface area (Å²) in [6.07, 6.45) is 3.44. The van der Waals surface area contributed by atoms with Gasteiger partial charge in [-0.3, -0.25) is 0 Å². The van der Waals surface area contributed by atoms with Crippen molar-refractivity contribution >= 4 is 66.4 Å². The number of benzene rings is 4. The number of nitrogen functional groups attached to an aromatic ring is 2. The minimum atomic E-state index is 0.741. The number of anilines is 4. The zero-order chi connectivity index (χ0) is 26.9. The third-order valence-electron chi connectivity index (χ3n) is 7.61. The molecule has 6 rings (SSSR count). The number of pyridine rings is 2. The molecule has 6 nitrogen and oxygen atoms in total. The molecular weight excluding hydrogens is 480 g/mol. The zero-order valence-electron chi connectivity index (χ0n) is 22.6. The van der Waals surface area contributed by atoms with Gasteiger partial charge in [0.2, 0.25) is 0 Å². The van der Waals surface area contributed by atoms with Crippen LogP contribution >= 0.6 is 0 Å². The molecule has 6 aromatic rings. The minimum absolute atomic E-state index is 0.741. The second-order valence-corrected chi connectivity index (χ2v) is 10.5. The quantitative estimate of drug-likeness (QED) is 0.129. The Kier molecular flexibility index (Phi) is 6.53. The first-order chi connectivity index (χ1) is 18.9. The van der Waals surface area contributed by atoms with E-state index in [1.54, 1.807) is 0 Å². The van der Waals surface area contributed by atoms with Gasteiger partial charge in [-0.1, -0.05) is 24.3 Å². The maximum absolute atomic E-state index is 5.96. The molecule has 39 heavy (non-hydrogen) atoms. The highest BCUT2D eigenvalue weighted by Gasteiger charge is 2.08. The normalized spacial score (nSPS) is 11.5. The zero-order valence-corrected chi connectivity index (χ0v) is 22.6. The highest BCUT2D eigenvalue weighted by molar-refractivity contribution is 5.96. The van der Waals surface area contributed by atoms with Crippen molar-refractivity contribution in [1.82, 2.24) is 9.97 Å². The molecule has 0 saturated heterocycles. The number of unbranched alkanes of at least 4 members (excludes halogenated alkanes) is 2. The third-order valence-corrected chi connectivity index (χ3v) is 7.61. The van der Waals surface area contributed by atoms with Gasteiger partial charge in [-0.25, -0.2) is 9.97 Å². The SMILES string of the molecule is CN(CCCCCN(C)c1ccc2cc3ccc(N)cc3nc2c1)c1ccc2cc3ccc(N)cc3nc2c1. The predicted octanol–water partition coefficient (Wildman–Crippen LogP) is 7.00. The first kappa shape index (κ1) is 24.7. The lowest BCUT2D eigenvalue weighted by atomic mass is 10.1. The monoisotopic (exact) mass is 514 g/mol. The molecule has 0 aliphatic heterocycles. The van der Waals surface area contributed by atoms with Crippen LogP contribution in [0.2, 0.25) is 0 Å². The molecule has 0 saturated carbocycles. The number of nitrogens with two attached hydrogens (primary N) is 2. The molecule has 0 unspecified atom stereocenters. The maximum atomic E-state index is 5.96. The van der Waals surface area contributed by atoms with Crippen molar-refractivity contribution in [3.8, 4) is 0 Å². The Bertz CT molecular complexity index is 1680. The highest BCUT2D eigenvalue weighted by atomic mass is 15.1. The van der Waals surface area contributed by atoms with Crippen LogP contribution in [0.15, 0.2) is 84.9 Å². The first-order valence-corrected chi connectivity index (χ1v) is 13.6. The van der Waals surface area contributed by atoms with Crippen molar-refractivity contribution in [3.05, 3.63) is 84.9 Å². The standard InChI is InChI=1S/C33H34N6/c1-38(28-12-8-24-16-22-6-10-26(34)18-30(22)36-32(24)20-28)14-4-3-5-15-39(2)29-13-9-25-17-23-7-11-27(35)19-31(23)37-33(25)21-29/h6-13,16-21H,3-5,14-15,34-35H2,1-2H3. The van der Waals surface area contributed by atoms with Crippen molar-refractivity contribution < 1.29 is 0 Å². The van der Waals surface area contributed by atoms with Gasteiger partial charge in [0, 0.05) is 71.5 Å². The minimum Gasteiger partial charge on any atom is -0.399 e. The topological polar surface area (TPSA) is 84.3 Å². The smallest absolute Gasteiger partial charge is 0.0730 e. The number of rotatable bonds is 8. The molecule has 0 aliphatic rings. The Morgan fingerprint density at radius 1 is 0.487 bits per heavy atom. The molecule has 0 atom stereocenters. The van der Waals surface area contributed by atoms with Crippen molar-refractivity contribution in [2.45, 2.75) is 19.3 Å². The van der Waals surface area contributed by atoms with Crippen LogP contribution in [0.3, 0.4) is 0 Å². The van der Waals surface area contributed by atoms with Gasteiger partial charge in [0.15, 0.2) is 0 Å². The molecule has 2 aromatic heterocycles. The van der Waals surface area contributed by atoms with E-state index in [4.69, 9.17) is 21.4 Å². The molecule has 2 heterocycles. The molecule has 196 valence electrons. The number of nitrogens with zero attached hydrogens (tertiary/aromatic N) is 4. The van der Waals surface area contributed by atoms with E-state index in [0.29, 0.717) is 0 Å². The molecule has 0 spiro atoms. The van der Waals surface area contributed by atoms with Gasteiger partial charge < -0.3 is 21.3 Å². The Morgan fingerprint density at radius 3 is 1.31 bits per heavy atom. The van der Waals surface area contributed by atoms with Crippen LogP contribution in [0.5, 0.6) is 0 Å². The first-order valence-electron chi connectivity index (χ1n) is 13.6. The fraction of sp³-hybridized carbons (Fsp3) is 0.212. The van der Waals surface area contributed by atoms with E-state index >= 15 is 0 Å². The van der Waals surface area contributed by atoms with Gasteiger partial charge in [0.1, 0.15) is 0 Å². The number of hydrogen-bond acceptors (Lipinski definition) is 6. The molecule has 6 heteroatoms. The molecule has 0 radical (unpaired) electrons. The number of hydrogen-bond donors (Lipinski definition) is 2. The maximum Gasteiger partial charge on any atom is 0.0730 e. The van der Waals surface area contributed by atoms with Crippen LogP contribution in [-0.2, 0) is 0 Å². The van der Waals surface area contributed by atoms with Gasteiger partial charge in [-0.15, -0.1) is 0 Å². The van der Waals surface area contributed by atoms with Crippen molar-refractivity contribution in [2.75, 3.05) is 48.5 Å². The van der Waals surface area contributed by atoms with Gasteiger partial charge in [-0.2, -0.15) is 0 Å². The molecule has 0 amide bonds. The van der Waals surface area contributed by atoms with Crippen molar-refractivity contribution in [3.63, 3.8) is 0 Å². The Morgan fingerprint density at radius 2 is 0.872 bits per heavy atom. The van der Waals surface area contributed by atoms with Gasteiger partial charge in [-0.05, 0) is 79.9 Å². The molecule has 0 aliphatic carbocycles. The van der Waals surface area contributed by atoms with Crippen LogP contribution in [-0.4, -0.2) is 37.2 Å². The highest BCUT2D eigenvalue weighted by Crippen LogP contribution is 2.27. The Balaban J connectivity index is 1.04. The summed E-state index contributed by atoms with van der Waals surface area (Å²) in [6, 6.07) is 29.2. The summed E-state index contributed by atoms with van der Waals surface area (Å²) in [5.74, 6) is 0. The summed E-state index contributed by atoms with van der Waals surface area (Å²) in [6.45, 7) is 2.01. The van der Waals surface area contributed by atoms with Crippen LogP contribution in [0.4, 0.5) is 22.7 Å². The molecule has 4 aromatic carbocycles. The average Bonchev–Trinajstić information content (AvgIpc) is 2.94. The predicted molar refractivity (Wildman–Crippen MR) is 168 cm³/mol.